The van der Waals surface area contributed by atoms with Crippen molar-refractivity contribution in [3.8, 4) is 0 Å². The second-order valence-corrected chi connectivity index (χ2v) is 5.34. The minimum atomic E-state index is 0. The molecule has 106 valence electrons. The van der Waals surface area contributed by atoms with E-state index in [2.05, 4.69) is 38.2 Å². The van der Waals surface area contributed by atoms with Crippen molar-refractivity contribution in [1.82, 2.24) is 4.90 Å². The van der Waals surface area contributed by atoms with E-state index in [4.69, 9.17) is 4.74 Å². The van der Waals surface area contributed by atoms with Crippen molar-refractivity contribution in [3.63, 3.8) is 0 Å². The van der Waals surface area contributed by atoms with Gasteiger partial charge in [-0.15, -0.1) is 13.1 Å². The number of nitrogens with zero attached hydrogens (tertiary/aromatic N) is 2. The minimum absolute atomic E-state index is 0. The van der Waals surface area contributed by atoms with Crippen LogP contribution in [0.5, 0.6) is 0 Å². The van der Waals surface area contributed by atoms with Gasteiger partial charge in [0.25, 0.3) is 0 Å². The van der Waals surface area contributed by atoms with Gasteiger partial charge in [0.15, 0.2) is 0 Å². The molecule has 1 rings (SSSR count). The van der Waals surface area contributed by atoms with E-state index in [0.29, 0.717) is 0 Å². The van der Waals surface area contributed by atoms with E-state index < -0.39 is 0 Å². The molecule has 0 atom stereocenters. The molecule has 0 aromatic heterocycles. The Kier molecular flexibility index (Phi) is 16.9. The summed E-state index contributed by atoms with van der Waals surface area (Å²) in [7, 11) is 4.20. The molecule has 0 radical (unpaired) electrons. The minimum Gasteiger partial charge on any atom is -0.662 e. The third-order valence-electron chi connectivity index (χ3n) is 3.41. The van der Waals surface area contributed by atoms with E-state index in [-0.39, 0.29) is 65.1 Å². The molecule has 0 bridgehead atoms. The zero-order valence-corrected chi connectivity index (χ0v) is 19.6. The van der Waals surface area contributed by atoms with Crippen LogP contribution < -0.4 is 0 Å². The molecular formula is C13H28N2OUW. The summed E-state index contributed by atoms with van der Waals surface area (Å²) < 4.78 is 5.82. The van der Waals surface area contributed by atoms with E-state index in [0.717, 1.165) is 32.2 Å². The Balaban J connectivity index is -0.000000750. The van der Waals surface area contributed by atoms with Gasteiger partial charge in [-0.25, -0.2) is 0 Å². The van der Waals surface area contributed by atoms with E-state index >= 15 is 0 Å². The molecule has 1 heterocycles. The molecule has 1 aliphatic heterocycles. The Morgan fingerprint density at radius 1 is 1.22 bits per heavy atom. The molecular weight excluding hydrogens is 622 g/mol. The Bertz CT molecular complexity index is 186. The Labute approximate surface area is 152 Å². The summed E-state index contributed by atoms with van der Waals surface area (Å²) in [5.74, 6) is 0.737. The van der Waals surface area contributed by atoms with E-state index in [1.54, 1.807) is 0 Å². The third kappa shape index (κ3) is 9.51. The fourth-order valence-corrected chi connectivity index (χ4v) is 1.57. The SMILES string of the molecule is CN(C)C(C)(C)COCC1CC[N-]CC1.[CH3-].[U].[W+2]. The van der Waals surface area contributed by atoms with Gasteiger partial charge in [0.1, 0.15) is 0 Å². The maximum Gasteiger partial charge on any atom is 2.00 e. The Morgan fingerprint density at radius 3 is 2.17 bits per heavy atom. The second kappa shape index (κ2) is 12.4. The van der Waals surface area contributed by atoms with Crippen LogP contribution in [0.15, 0.2) is 0 Å². The zero-order chi connectivity index (χ0) is 11.3. The molecule has 0 aliphatic carbocycles. The van der Waals surface area contributed by atoms with E-state index in [1.165, 1.54) is 12.8 Å². The number of piperidine rings is 1. The molecule has 0 aromatic carbocycles. The summed E-state index contributed by atoms with van der Waals surface area (Å²) in [4.78, 5) is 2.21. The van der Waals surface area contributed by atoms with E-state index in [9.17, 15) is 0 Å². The first-order valence-corrected chi connectivity index (χ1v) is 5.91. The van der Waals surface area contributed by atoms with Crippen LogP contribution in [0.3, 0.4) is 0 Å². The first-order chi connectivity index (χ1) is 7.02. The summed E-state index contributed by atoms with van der Waals surface area (Å²) in [5.41, 5.74) is 0.138. The number of hydrogen-bond acceptors (Lipinski definition) is 2. The second-order valence-electron chi connectivity index (χ2n) is 5.34. The van der Waals surface area contributed by atoms with Crippen LogP contribution in [0.4, 0.5) is 0 Å². The van der Waals surface area contributed by atoms with Crippen LogP contribution in [-0.4, -0.2) is 50.8 Å². The third-order valence-corrected chi connectivity index (χ3v) is 3.41. The van der Waals surface area contributed by atoms with Crippen molar-refractivity contribution >= 4 is 0 Å². The van der Waals surface area contributed by atoms with Crippen LogP contribution in [-0.2, 0) is 25.8 Å². The van der Waals surface area contributed by atoms with Gasteiger partial charge in [-0.05, 0) is 33.9 Å². The molecule has 1 aliphatic rings. The van der Waals surface area contributed by atoms with Crippen LogP contribution in [0.2, 0.25) is 0 Å². The van der Waals surface area contributed by atoms with Crippen molar-refractivity contribution < 1.29 is 56.9 Å². The molecule has 3 nitrogen and oxygen atoms in total. The van der Waals surface area contributed by atoms with Gasteiger partial charge >= 0.3 is 21.1 Å². The summed E-state index contributed by atoms with van der Waals surface area (Å²) in [6.07, 6.45) is 2.42. The monoisotopic (exact) mass is 650 g/mol. The summed E-state index contributed by atoms with van der Waals surface area (Å²) in [6.45, 7) is 8.21. The van der Waals surface area contributed by atoms with Crippen molar-refractivity contribution in [2.45, 2.75) is 32.2 Å². The first-order valence-electron chi connectivity index (χ1n) is 5.91. The maximum absolute atomic E-state index is 5.82. The van der Waals surface area contributed by atoms with Crippen LogP contribution >= 0.6 is 0 Å². The van der Waals surface area contributed by atoms with Gasteiger partial charge in [0, 0.05) is 43.3 Å². The molecule has 0 unspecified atom stereocenters. The predicted octanol–water partition coefficient (Wildman–Crippen LogP) is 2.57. The molecule has 1 saturated heterocycles. The Hall–Kier alpha value is 1.62. The summed E-state index contributed by atoms with van der Waals surface area (Å²) in [5, 5.41) is 4.35. The van der Waals surface area contributed by atoms with Crippen LogP contribution in [0.1, 0.15) is 26.7 Å². The maximum atomic E-state index is 5.82. The number of rotatable bonds is 5. The van der Waals surface area contributed by atoms with Gasteiger partial charge in [-0.3, -0.25) is 0 Å². The van der Waals surface area contributed by atoms with Crippen LogP contribution in [0.25, 0.3) is 5.32 Å². The average molecular weight is 650 g/mol. The largest absolute Gasteiger partial charge is 2.00 e. The molecule has 18 heavy (non-hydrogen) atoms. The molecule has 0 amide bonds. The summed E-state index contributed by atoms with van der Waals surface area (Å²) in [6, 6.07) is 0. The van der Waals surface area contributed by atoms with Crippen LogP contribution in [0, 0.1) is 44.5 Å². The van der Waals surface area contributed by atoms with Crippen molar-refractivity contribution in [2.75, 3.05) is 40.4 Å². The fraction of sp³-hybridized carbons (Fsp3) is 0.923. The van der Waals surface area contributed by atoms with Gasteiger partial charge in [-0.1, -0.05) is 12.8 Å². The Morgan fingerprint density at radius 2 is 1.72 bits per heavy atom. The smallest absolute Gasteiger partial charge is 0.662 e. The van der Waals surface area contributed by atoms with Gasteiger partial charge < -0.3 is 22.4 Å². The predicted molar refractivity (Wildman–Crippen MR) is 70.8 cm³/mol. The number of hydrogen-bond donors (Lipinski definition) is 0. The van der Waals surface area contributed by atoms with Crippen molar-refractivity contribution in [3.05, 3.63) is 12.7 Å². The quantitative estimate of drug-likeness (QED) is 0.429. The molecule has 0 spiro atoms. The van der Waals surface area contributed by atoms with Gasteiger partial charge in [-0.2, -0.15) is 0 Å². The van der Waals surface area contributed by atoms with Crippen molar-refractivity contribution in [1.29, 1.82) is 0 Å². The van der Waals surface area contributed by atoms with E-state index in [1.807, 2.05) is 0 Å². The van der Waals surface area contributed by atoms with Gasteiger partial charge in [0.2, 0.25) is 0 Å². The van der Waals surface area contributed by atoms with Crippen molar-refractivity contribution in [2.24, 2.45) is 5.92 Å². The standard InChI is InChI=1S/C12H25N2O.CH3.U.W/c1-12(2,14(3)4)10-15-9-11-5-7-13-8-6-11;;;/h11H,5-10H2,1-4H3;1H3;;/q2*-1;;+2. The molecule has 0 N–H and O–H groups in total. The van der Waals surface area contributed by atoms with Gasteiger partial charge in [0.05, 0.1) is 6.61 Å². The number of likely N-dealkylation sites (N-methyl/N-ethyl adjacent to an activating group) is 1. The normalized spacial score (nSPS) is 16.5. The average Bonchev–Trinajstić information content (AvgIpc) is 2.19. The first kappa shape index (κ1) is 24.6. The topological polar surface area (TPSA) is 26.6 Å². The number of ether oxygens (including phenoxy) is 1. The molecule has 0 saturated carbocycles. The summed E-state index contributed by atoms with van der Waals surface area (Å²) >= 11 is 0. The zero-order valence-electron chi connectivity index (χ0n) is 12.5. The molecule has 0 aromatic rings. The molecule has 5 heteroatoms. The fourth-order valence-electron chi connectivity index (χ4n) is 1.57. The molecule has 1 fully saturated rings.